The first-order valence-electron chi connectivity index (χ1n) is 8.42. The number of carbonyl (C=O) groups excluding carboxylic acids is 3. The molecule has 8 heteroatoms. The van der Waals surface area contributed by atoms with Crippen molar-refractivity contribution < 1.29 is 23.9 Å². The van der Waals surface area contributed by atoms with Crippen molar-refractivity contribution in [1.82, 2.24) is 15.5 Å². The maximum atomic E-state index is 12.9. The Kier molecular flexibility index (Phi) is 5.69. The van der Waals surface area contributed by atoms with E-state index < -0.39 is 23.8 Å². The summed E-state index contributed by atoms with van der Waals surface area (Å²) < 4.78 is 10.3. The summed E-state index contributed by atoms with van der Waals surface area (Å²) in [7, 11) is 0. The number of nitrogens with zero attached hydrogens (tertiary/aromatic N) is 1. The lowest BCUT2D eigenvalue weighted by Crippen LogP contribution is -2.55. The van der Waals surface area contributed by atoms with Crippen molar-refractivity contribution in [3.8, 4) is 0 Å². The van der Waals surface area contributed by atoms with Crippen molar-refractivity contribution in [2.24, 2.45) is 0 Å². The van der Waals surface area contributed by atoms with E-state index in [1.807, 2.05) is 0 Å². The van der Waals surface area contributed by atoms with Gasteiger partial charge in [0.1, 0.15) is 17.7 Å². The normalized spacial score (nSPS) is 27.2. The van der Waals surface area contributed by atoms with E-state index in [9.17, 15) is 14.4 Å². The fourth-order valence-electron chi connectivity index (χ4n) is 3.11. The van der Waals surface area contributed by atoms with Gasteiger partial charge >= 0.3 is 12.1 Å². The molecule has 0 saturated carbocycles. The van der Waals surface area contributed by atoms with Crippen LogP contribution in [0.2, 0.25) is 0 Å². The summed E-state index contributed by atoms with van der Waals surface area (Å²) in [5, 5.41) is 5.78. The molecule has 0 radical (unpaired) electrons. The van der Waals surface area contributed by atoms with Crippen LogP contribution in [0.1, 0.15) is 40.5 Å². The SMILES string of the molecule is CCOC(=O)C1CCC2CNCC(NC(=O)OC(C)(C)C)C(=O)N21. The molecule has 0 spiro atoms. The van der Waals surface area contributed by atoms with Gasteiger partial charge in [-0.3, -0.25) is 4.79 Å². The minimum Gasteiger partial charge on any atom is -0.464 e. The van der Waals surface area contributed by atoms with Crippen molar-refractivity contribution in [2.75, 3.05) is 19.7 Å². The molecule has 2 amide bonds. The van der Waals surface area contributed by atoms with Gasteiger partial charge in [-0.2, -0.15) is 0 Å². The van der Waals surface area contributed by atoms with E-state index in [0.717, 1.165) is 6.42 Å². The van der Waals surface area contributed by atoms with E-state index in [-0.39, 0.29) is 24.5 Å². The first-order valence-corrected chi connectivity index (χ1v) is 8.42. The lowest BCUT2D eigenvalue weighted by atomic mass is 10.2. The second-order valence-corrected chi connectivity index (χ2v) is 7.10. The third-order valence-electron chi connectivity index (χ3n) is 4.03. The Morgan fingerprint density at radius 2 is 2.00 bits per heavy atom. The molecular formula is C16H27N3O5. The molecule has 3 unspecified atom stereocenters. The highest BCUT2D eigenvalue weighted by atomic mass is 16.6. The second kappa shape index (κ2) is 7.38. The molecule has 2 N–H and O–H groups in total. The number of amides is 2. The predicted octanol–water partition coefficient (Wildman–Crippen LogP) is 0.406. The molecule has 2 heterocycles. The number of ether oxygens (including phenoxy) is 2. The van der Waals surface area contributed by atoms with Crippen LogP contribution in [0.3, 0.4) is 0 Å². The third-order valence-corrected chi connectivity index (χ3v) is 4.03. The molecule has 8 nitrogen and oxygen atoms in total. The lowest BCUT2D eigenvalue weighted by molar-refractivity contribution is -0.154. The quantitative estimate of drug-likeness (QED) is 0.722. The average Bonchev–Trinajstić information content (AvgIpc) is 2.81. The van der Waals surface area contributed by atoms with Crippen LogP contribution in [0.15, 0.2) is 0 Å². The number of nitrogens with one attached hydrogen (secondary N) is 2. The van der Waals surface area contributed by atoms with Crippen molar-refractivity contribution in [3.05, 3.63) is 0 Å². The van der Waals surface area contributed by atoms with Crippen LogP contribution in [-0.2, 0) is 19.1 Å². The van der Waals surface area contributed by atoms with E-state index in [1.54, 1.807) is 32.6 Å². The Labute approximate surface area is 142 Å². The van der Waals surface area contributed by atoms with Crippen LogP contribution in [0, 0.1) is 0 Å². The summed E-state index contributed by atoms with van der Waals surface area (Å²) in [5.41, 5.74) is -0.644. The third kappa shape index (κ3) is 4.37. The van der Waals surface area contributed by atoms with Gasteiger partial charge in [-0.1, -0.05) is 0 Å². The number of esters is 1. The van der Waals surface area contributed by atoms with Gasteiger partial charge in [0.25, 0.3) is 0 Å². The van der Waals surface area contributed by atoms with Gasteiger partial charge in [-0.05, 0) is 40.5 Å². The highest BCUT2D eigenvalue weighted by Crippen LogP contribution is 2.27. The zero-order valence-electron chi connectivity index (χ0n) is 14.8. The number of rotatable bonds is 3. The number of alkyl carbamates (subject to hydrolysis) is 1. The fourth-order valence-corrected chi connectivity index (χ4v) is 3.11. The summed E-state index contributed by atoms with van der Waals surface area (Å²) in [4.78, 5) is 38.5. The Hall–Kier alpha value is -1.83. The zero-order valence-corrected chi connectivity index (χ0v) is 14.8. The van der Waals surface area contributed by atoms with Crippen molar-refractivity contribution in [3.63, 3.8) is 0 Å². The van der Waals surface area contributed by atoms with E-state index in [4.69, 9.17) is 9.47 Å². The van der Waals surface area contributed by atoms with Crippen LogP contribution < -0.4 is 10.6 Å². The molecule has 2 saturated heterocycles. The first kappa shape index (κ1) is 18.5. The smallest absolute Gasteiger partial charge is 0.408 e. The van der Waals surface area contributed by atoms with Gasteiger partial charge in [0.15, 0.2) is 0 Å². The number of hydrogen-bond donors (Lipinski definition) is 2. The summed E-state index contributed by atoms with van der Waals surface area (Å²) in [6.45, 7) is 8.19. The Morgan fingerprint density at radius 3 is 2.62 bits per heavy atom. The fraction of sp³-hybridized carbons (Fsp3) is 0.812. The molecule has 2 fully saturated rings. The van der Waals surface area contributed by atoms with Crippen LogP contribution in [0.5, 0.6) is 0 Å². The molecule has 0 aliphatic carbocycles. The predicted molar refractivity (Wildman–Crippen MR) is 86.3 cm³/mol. The van der Waals surface area contributed by atoms with Gasteiger partial charge in [0.2, 0.25) is 5.91 Å². The topological polar surface area (TPSA) is 97.0 Å². The maximum absolute atomic E-state index is 12.9. The molecule has 0 bridgehead atoms. The van der Waals surface area contributed by atoms with E-state index >= 15 is 0 Å². The van der Waals surface area contributed by atoms with Gasteiger partial charge in [0, 0.05) is 19.1 Å². The van der Waals surface area contributed by atoms with Crippen LogP contribution in [0.25, 0.3) is 0 Å². The van der Waals surface area contributed by atoms with E-state index in [1.165, 1.54) is 0 Å². The zero-order chi connectivity index (χ0) is 17.9. The first-order chi connectivity index (χ1) is 11.2. The molecule has 2 aliphatic heterocycles. The van der Waals surface area contributed by atoms with Crippen molar-refractivity contribution in [1.29, 1.82) is 0 Å². The van der Waals surface area contributed by atoms with Gasteiger partial charge < -0.3 is 25.0 Å². The summed E-state index contributed by atoms with van der Waals surface area (Å²) in [5.74, 6) is -0.655. The van der Waals surface area contributed by atoms with Gasteiger partial charge in [-0.15, -0.1) is 0 Å². The molecule has 136 valence electrons. The number of fused-ring (bicyclic) bond motifs is 1. The highest BCUT2D eigenvalue weighted by Gasteiger charge is 2.45. The molecule has 0 aromatic heterocycles. The Bertz CT molecular complexity index is 502. The van der Waals surface area contributed by atoms with Gasteiger partial charge in [0.05, 0.1) is 6.61 Å². The minimum absolute atomic E-state index is 0.0580. The molecule has 2 rings (SSSR count). The van der Waals surface area contributed by atoms with Crippen LogP contribution in [-0.4, -0.2) is 66.3 Å². The summed E-state index contributed by atoms with van der Waals surface area (Å²) in [6.07, 6.45) is 0.672. The Morgan fingerprint density at radius 1 is 1.29 bits per heavy atom. The summed E-state index contributed by atoms with van der Waals surface area (Å²) >= 11 is 0. The van der Waals surface area contributed by atoms with Crippen LogP contribution in [0.4, 0.5) is 4.79 Å². The van der Waals surface area contributed by atoms with Crippen LogP contribution >= 0.6 is 0 Å². The molecule has 2 aliphatic rings. The minimum atomic E-state index is -0.764. The largest absolute Gasteiger partial charge is 0.464 e. The monoisotopic (exact) mass is 341 g/mol. The van der Waals surface area contributed by atoms with E-state index in [2.05, 4.69) is 10.6 Å². The maximum Gasteiger partial charge on any atom is 0.408 e. The molecule has 0 aromatic carbocycles. The average molecular weight is 341 g/mol. The Balaban J connectivity index is 2.08. The summed E-state index contributed by atoms with van der Waals surface area (Å²) in [6, 6.07) is -1.40. The molecule has 0 aromatic rings. The standard InChI is InChI=1S/C16H27N3O5/c1-5-23-14(21)12-7-6-10-8-17-9-11(13(20)19(10)12)18-15(22)24-16(2,3)4/h10-12,17H,5-9H2,1-4H3,(H,18,22). The number of hydrogen-bond acceptors (Lipinski definition) is 6. The van der Waals surface area contributed by atoms with Crippen molar-refractivity contribution >= 4 is 18.0 Å². The number of carbonyl (C=O) groups is 3. The lowest BCUT2D eigenvalue weighted by Gasteiger charge is -2.29. The highest BCUT2D eigenvalue weighted by molar-refractivity contribution is 5.91. The molecular weight excluding hydrogens is 314 g/mol. The van der Waals surface area contributed by atoms with E-state index in [0.29, 0.717) is 19.5 Å². The van der Waals surface area contributed by atoms with Crippen molar-refractivity contribution in [2.45, 2.75) is 64.3 Å². The molecule has 24 heavy (non-hydrogen) atoms. The second-order valence-electron chi connectivity index (χ2n) is 7.10. The molecule has 3 atom stereocenters. The van der Waals surface area contributed by atoms with Gasteiger partial charge in [-0.25, -0.2) is 9.59 Å².